The maximum atomic E-state index is 12.4. The van der Waals surface area contributed by atoms with Crippen LogP contribution in [-0.4, -0.2) is 67.7 Å². The zero-order chi connectivity index (χ0) is 46.7. The SMILES string of the molecule is C=C(C)C(=O)Oc1ccc(C2=C3C=CC(=N3)C(c3ccc(S(=O)(=O)O)cc3)=C3C=CC(=N3)C(c3ccc(S(=O)(=O)O)cc3)=C3C=CC(=N3)C(c3ccc(S(=O)(=O)O)cc3)=C3C=CC2=N3)cc1. The highest BCUT2D eigenvalue weighted by Crippen LogP contribution is 2.39. The summed E-state index contributed by atoms with van der Waals surface area (Å²) in [5, 5.41) is 0. The number of hydrogen-bond donors (Lipinski definition) is 3. The van der Waals surface area contributed by atoms with Crippen molar-refractivity contribution in [2.75, 3.05) is 0 Å². The van der Waals surface area contributed by atoms with E-state index in [9.17, 15) is 43.7 Å². The fourth-order valence-corrected chi connectivity index (χ4v) is 8.98. The number of allylic oxidation sites excluding steroid dienone is 12. The molecule has 0 saturated carbocycles. The van der Waals surface area contributed by atoms with Crippen molar-refractivity contribution in [1.82, 2.24) is 0 Å². The summed E-state index contributed by atoms with van der Waals surface area (Å²) in [5.41, 5.74) is 7.52. The Balaban J connectivity index is 1.33. The summed E-state index contributed by atoms with van der Waals surface area (Å²) >= 11 is 0. The third kappa shape index (κ3) is 8.54. The number of nitrogens with zero attached hydrogens (tertiary/aromatic N) is 4. The largest absolute Gasteiger partial charge is 0.423 e. The molecule has 18 heteroatoms. The van der Waals surface area contributed by atoms with Crippen molar-refractivity contribution in [2.45, 2.75) is 21.6 Å². The Hall–Kier alpha value is -7.58. The third-order valence-electron chi connectivity index (χ3n) is 10.6. The molecule has 5 heterocycles. The van der Waals surface area contributed by atoms with Crippen LogP contribution in [-0.2, 0) is 35.1 Å². The second kappa shape index (κ2) is 16.4. The molecule has 5 aliphatic rings. The average molecular weight is 937 g/mol. The van der Waals surface area contributed by atoms with Crippen LogP contribution in [0.2, 0.25) is 0 Å². The van der Waals surface area contributed by atoms with E-state index in [0.717, 1.165) is 0 Å². The van der Waals surface area contributed by atoms with Gasteiger partial charge in [0, 0.05) is 27.9 Å². The maximum absolute atomic E-state index is 12.4. The van der Waals surface area contributed by atoms with Gasteiger partial charge in [-0.3, -0.25) is 13.7 Å². The zero-order valence-electron chi connectivity index (χ0n) is 34.2. The lowest BCUT2D eigenvalue weighted by Gasteiger charge is -2.13. The van der Waals surface area contributed by atoms with Crippen molar-refractivity contribution in [3.63, 3.8) is 0 Å². The van der Waals surface area contributed by atoms with Gasteiger partial charge in [0.25, 0.3) is 30.4 Å². The number of hydrogen-bond acceptors (Lipinski definition) is 12. The summed E-state index contributed by atoms with van der Waals surface area (Å²) < 4.78 is 107. The first kappa shape index (κ1) is 43.7. The van der Waals surface area contributed by atoms with Gasteiger partial charge >= 0.3 is 5.97 Å². The van der Waals surface area contributed by atoms with Gasteiger partial charge in [-0.1, -0.05) is 55.1 Å². The van der Waals surface area contributed by atoms with Crippen molar-refractivity contribution in [3.05, 3.63) is 203 Å². The molecule has 0 amide bonds. The number of esters is 1. The Labute approximate surface area is 378 Å². The number of fused-ring (bicyclic) bond motifs is 4. The Bertz CT molecular complexity index is 3530. The number of benzene rings is 4. The quantitative estimate of drug-likeness (QED) is 0.0631. The van der Waals surface area contributed by atoms with Gasteiger partial charge in [0.15, 0.2) is 0 Å². The smallest absolute Gasteiger partial charge is 0.338 e. The topological polar surface area (TPSA) is 239 Å². The predicted octanol–water partition coefficient (Wildman–Crippen LogP) is 7.91. The van der Waals surface area contributed by atoms with Crippen LogP contribution in [0.5, 0.6) is 5.75 Å². The second-order valence-corrected chi connectivity index (χ2v) is 19.3. The molecule has 0 unspecified atom stereocenters. The van der Waals surface area contributed by atoms with Crippen LogP contribution < -0.4 is 4.74 Å². The van der Waals surface area contributed by atoms with Crippen LogP contribution in [0.25, 0.3) is 22.3 Å². The molecule has 66 heavy (non-hydrogen) atoms. The van der Waals surface area contributed by atoms with E-state index in [1.807, 2.05) is 0 Å². The van der Waals surface area contributed by atoms with Gasteiger partial charge in [-0.25, -0.2) is 24.8 Å². The van der Waals surface area contributed by atoms with Crippen LogP contribution in [0.4, 0.5) is 0 Å². The number of rotatable bonds is 9. The van der Waals surface area contributed by atoms with Gasteiger partial charge < -0.3 is 4.74 Å². The minimum atomic E-state index is -4.55. The molecule has 5 aliphatic heterocycles. The van der Waals surface area contributed by atoms with E-state index in [0.29, 0.717) is 90.2 Å². The van der Waals surface area contributed by atoms with E-state index >= 15 is 0 Å². The molecule has 0 atom stereocenters. The van der Waals surface area contributed by atoms with Crippen molar-refractivity contribution in [3.8, 4) is 5.75 Å². The highest BCUT2D eigenvalue weighted by Gasteiger charge is 2.28. The number of aliphatic imine (C=N–C) groups is 4. The molecule has 15 nitrogen and oxygen atoms in total. The van der Waals surface area contributed by atoms with Gasteiger partial charge in [0.2, 0.25) is 0 Å². The summed E-state index contributed by atoms with van der Waals surface area (Å²) in [4.78, 5) is 31.7. The van der Waals surface area contributed by atoms with E-state index in [4.69, 9.17) is 24.7 Å². The molecule has 8 bridgehead atoms. The molecule has 0 spiro atoms. The van der Waals surface area contributed by atoms with Crippen LogP contribution in [0.1, 0.15) is 29.2 Å². The molecule has 4 aromatic rings. The Morgan fingerprint density at radius 1 is 0.424 bits per heavy atom. The summed E-state index contributed by atoms with van der Waals surface area (Å²) in [7, 11) is -13.6. The number of carbonyl (C=O) groups is 1. The van der Waals surface area contributed by atoms with Crippen molar-refractivity contribution < 1.29 is 48.4 Å². The molecule has 0 saturated heterocycles. The lowest BCUT2D eigenvalue weighted by atomic mass is 9.98. The molecule has 4 aromatic carbocycles. The highest BCUT2D eigenvalue weighted by atomic mass is 32.2. The minimum absolute atomic E-state index is 0.216. The average Bonchev–Trinajstić information content (AvgIpc) is 4.12. The van der Waals surface area contributed by atoms with Gasteiger partial charge in [0.05, 0.1) is 60.3 Å². The van der Waals surface area contributed by atoms with E-state index in [-0.39, 0.29) is 26.0 Å². The molecule has 0 fully saturated rings. The van der Waals surface area contributed by atoms with E-state index in [2.05, 4.69) is 6.58 Å². The number of ether oxygens (including phenoxy) is 1. The maximum Gasteiger partial charge on any atom is 0.338 e. The molecule has 328 valence electrons. The molecule has 0 radical (unpaired) electrons. The van der Waals surface area contributed by atoms with Crippen molar-refractivity contribution in [2.24, 2.45) is 20.0 Å². The Kier molecular flexibility index (Phi) is 10.9. The van der Waals surface area contributed by atoms with Crippen molar-refractivity contribution in [1.29, 1.82) is 0 Å². The molecular formula is C48H32N4O11S3. The first-order chi connectivity index (χ1) is 31.3. The highest BCUT2D eigenvalue weighted by molar-refractivity contribution is 7.86. The fraction of sp³-hybridized carbons (Fsp3) is 0.0208. The van der Waals surface area contributed by atoms with Crippen LogP contribution in [0.3, 0.4) is 0 Å². The van der Waals surface area contributed by atoms with Gasteiger partial charge in [-0.05, 0) is 126 Å². The molecule has 3 N–H and O–H groups in total. The van der Waals surface area contributed by atoms with Crippen LogP contribution >= 0.6 is 0 Å². The monoisotopic (exact) mass is 936 g/mol. The number of carbonyl (C=O) groups excluding carboxylic acids is 1. The van der Waals surface area contributed by atoms with Gasteiger partial charge in [0.1, 0.15) is 5.75 Å². The Morgan fingerprint density at radius 3 is 0.894 bits per heavy atom. The van der Waals surface area contributed by atoms with E-state index in [1.165, 1.54) is 79.7 Å². The van der Waals surface area contributed by atoms with Crippen LogP contribution in [0, 0.1) is 0 Å². The van der Waals surface area contributed by atoms with Crippen LogP contribution in [0.15, 0.2) is 215 Å². The zero-order valence-corrected chi connectivity index (χ0v) is 36.6. The first-order valence-electron chi connectivity index (χ1n) is 19.6. The molecule has 9 rings (SSSR count). The summed E-state index contributed by atoms with van der Waals surface area (Å²) in [6.07, 6.45) is 14.0. The second-order valence-electron chi connectivity index (χ2n) is 15.1. The molecular weight excluding hydrogens is 905 g/mol. The molecule has 0 aromatic heterocycles. The normalized spacial score (nSPS) is 16.8. The first-order valence-corrected chi connectivity index (χ1v) is 23.9. The summed E-state index contributed by atoms with van der Waals surface area (Å²) in [5.74, 6) is -0.332. The van der Waals surface area contributed by atoms with E-state index in [1.54, 1.807) is 72.9 Å². The minimum Gasteiger partial charge on any atom is -0.423 e. The fourth-order valence-electron chi connectivity index (χ4n) is 7.54. The lowest BCUT2D eigenvalue weighted by Crippen LogP contribution is -2.08. The summed E-state index contributed by atoms with van der Waals surface area (Å²) in [6, 6.07) is 23.3. The Morgan fingerprint density at radius 2 is 0.667 bits per heavy atom. The van der Waals surface area contributed by atoms with E-state index < -0.39 is 36.3 Å². The van der Waals surface area contributed by atoms with Crippen molar-refractivity contribution >= 4 is 81.5 Å². The van der Waals surface area contributed by atoms with Gasteiger partial charge in [-0.2, -0.15) is 25.3 Å². The third-order valence-corrected chi connectivity index (χ3v) is 13.2. The standard InChI is InChI=1S/C48H32N4O11S3/c1-27(2)48(53)63-32-11-3-28(4-12-32)44-36-19-21-38(49-36)45(29-5-13-33(14-6-29)64(54,55)56)40-23-25-42(51-40)47(31-9-17-35(18-10-31)66(60,61)62)43-26-24-41(52-43)46(39-22-20-37(44)50-39)30-7-15-34(16-8-30)65(57,58)59/h3-26H,1H2,2H3,(H,54,55,56)(H,57,58,59)(H,60,61,62). The predicted molar refractivity (Wildman–Crippen MR) is 250 cm³/mol. The van der Waals surface area contributed by atoms with Gasteiger partial charge in [-0.15, -0.1) is 0 Å². The molecule has 0 aliphatic carbocycles. The lowest BCUT2D eigenvalue weighted by molar-refractivity contribution is -0.130. The summed E-state index contributed by atoms with van der Waals surface area (Å²) in [6.45, 7) is 5.18.